The molecule has 13 heteroatoms. The highest BCUT2D eigenvalue weighted by molar-refractivity contribution is 6.30. The van der Waals surface area contributed by atoms with Gasteiger partial charge in [0.05, 0.1) is 18.2 Å². The average Bonchev–Trinajstić information content (AvgIpc) is 3.34. The van der Waals surface area contributed by atoms with Crippen molar-refractivity contribution in [1.29, 1.82) is 0 Å². The molecule has 1 aromatic heterocycles. The van der Waals surface area contributed by atoms with Crippen LogP contribution in [0.4, 0.5) is 0 Å². The van der Waals surface area contributed by atoms with Gasteiger partial charge < -0.3 is 19.1 Å². The zero-order chi connectivity index (χ0) is 23.7. The van der Waals surface area contributed by atoms with Crippen LogP contribution in [0, 0.1) is 33.1 Å². The molecule has 12 nitrogen and oxygen atoms in total. The molecule has 2 aliphatic rings. The first-order valence-corrected chi connectivity index (χ1v) is 10.3. The number of nitrogens with zero attached hydrogens (tertiary/aromatic N) is 3. The Morgan fingerprint density at radius 2 is 1.73 bits per heavy atom. The van der Waals surface area contributed by atoms with Gasteiger partial charge in [0, 0.05) is 22.3 Å². The third kappa shape index (κ3) is 4.81. The molecule has 1 aliphatic carbocycles. The smallest absolute Gasteiger partial charge is 0.314 e. The SMILES string of the molecule is Cc1ncc2c(c1OC(=O)C1C[C@@H](O[N+](=O)[O-])[C@H](O[N+](=O)[O-])C1)COC2c1ccc(Cl)cc1. The highest BCUT2D eigenvalue weighted by atomic mass is 35.5. The molecule has 0 radical (unpaired) electrons. The molecular formula is C20H18ClN3O9. The van der Waals surface area contributed by atoms with E-state index in [4.69, 9.17) is 21.1 Å². The van der Waals surface area contributed by atoms with Crippen molar-refractivity contribution in [2.45, 2.75) is 44.7 Å². The lowest BCUT2D eigenvalue weighted by atomic mass is 10.00. The van der Waals surface area contributed by atoms with E-state index in [-0.39, 0.29) is 25.2 Å². The number of aryl methyl sites for hydroxylation is 1. The number of carbonyl (C=O) groups is 1. The Morgan fingerprint density at radius 3 is 2.30 bits per heavy atom. The van der Waals surface area contributed by atoms with Crippen LogP contribution in [0.1, 0.15) is 41.3 Å². The molecule has 33 heavy (non-hydrogen) atoms. The van der Waals surface area contributed by atoms with Gasteiger partial charge in [-0.05, 0) is 37.5 Å². The molecule has 3 atom stereocenters. The predicted molar refractivity (Wildman–Crippen MR) is 109 cm³/mol. The number of pyridine rings is 1. The van der Waals surface area contributed by atoms with Gasteiger partial charge in [0.1, 0.15) is 18.3 Å². The number of benzene rings is 1. The van der Waals surface area contributed by atoms with Crippen molar-refractivity contribution in [3.8, 4) is 5.75 Å². The fraction of sp³-hybridized carbons (Fsp3) is 0.400. The summed E-state index contributed by atoms with van der Waals surface area (Å²) in [6.07, 6.45) is -1.60. The molecule has 2 aromatic rings. The van der Waals surface area contributed by atoms with E-state index in [1.165, 1.54) is 0 Å². The first-order chi connectivity index (χ1) is 15.7. The molecule has 1 fully saturated rings. The van der Waals surface area contributed by atoms with E-state index in [0.717, 1.165) is 11.1 Å². The Hall–Kier alpha value is -3.51. The van der Waals surface area contributed by atoms with Crippen LogP contribution >= 0.6 is 11.6 Å². The van der Waals surface area contributed by atoms with Crippen LogP contribution in [0.25, 0.3) is 0 Å². The van der Waals surface area contributed by atoms with Crippen molar-refractivity contribution in [1.82, 2.24) is 4.98 Å². The molecule has 4 rings (SSSR count). The summed E-state index contributed by atoms with van der Waals surface area (Å²) in [5.74, 6) is -1.38. The largest absolute Gasteiger partial charge is 0.424 e. The Bertz CT molecular complexity index is 1070. The number of fused-ring (bicyclic) bond motifs is 1. The summed E-state index contributed by atoms with van der Waals surface area (Å²) >= 11 is 5.96. The van der Waals surface area contributed by atoms with Gasteiger partial charge in [0.2, 0.25) is 0 Å². The van der Waals surface area contributed by atoms with Crippen LogP contribution < -0.4 is 4.74 Å². The lowest BCUT2D eigenvalue weighted by Gasteiger charge is -2.15. The van der Waals surface area contributed by atoms with Crippen molar-refractivity contribution in [3.05, 3.63) is 78.1 Å². The van der Waals surface area contributed by atoms with Gasteiger partial charge in [-0.25, -0.2) is 0 Å². The minimum atomic E-state index is -1.26. The average molecular weight is 480 g/mol. The second-order valence-electron chi connectivity index (χ2n) is 7.67. The molecule has 1 aliphatic heterocycles. The highest BCUT2D eigenvalue weighted by Crippen LogP contribution is 2.42. The lowest BCUT2D eigenvalue weighted by molar-refractivity contribution is -0.797. The Labute approximate surface area is 191 Å². The molecule has 174 valence electrons. The Balaban J connectivity index is 1.53. The molecule has 0 saturated heterocycles. The lowest BCUT2D eigenvalue weighted by Crippen LogP contribution is -2.30. The van der Waals surface area contributed by atoms with Crippen LogP contribution in [0.5, 0.6) is 5.75 Å². The summed E-state index contributed by atoms with van der Waals surface area (Å²) in [5, 5.41) is 19.9. The number of rotatable bonds is 7. The number of hydrogen-bond acceptors (Lipinski definition) is 10. The number of hydrogen-bond donors (Lipinski definition) is 0. The second kappa shape index (κ2) is 9.16. The summed E-state index contributed by atoms with van der Waals surface area (Å²) in [6.45, 7) is 1.85. The summed E-state index contributed by atoms with van der Waals surface area (Å²) < 4.78 is 11.5. The zero-order valence-electron chi connectivity index (χ0n) is 17.2. The van der Waals surface area contributed by atoms with Gasteiger partial charge in [-0.2, -0.15) is 0 Å². The number of ether oxygens (including phenoxy) is 2. The van der Waals surface area contributed by atoms with Gasteiger partial charge in [0.15, 0.2) is 5.75 Å². The number of esters is 1. The maximum Gasteiger partial charge on any atom is 0.314 e. The minimum Gasteiger partial charge on any atom is -0.424 e. The summed E-state index contributed by atoms with van der Waals surface area (Å²) in [6, 6.07) is 7.15. The molecule has 0 spiro atoms. The number of aromatic nitrogens is 1. The van der Waals surface area contributed by atoms with E-state index in [9.17, 15) is 25.0 Å². The van der Waals surface area contributed by atoms with Crippen LogP contribution in [-0.4, -0.2) is 33.3 Å². The van der Waals surface area contributed by atoms with Gasteiger partial charge in [-0.15, -0.1) is 20.2 Å². The predicted octanol–water partition coefficient (Wildman–Crippen LogP) is 3.13. The molecule has 1 unspecified atom stereocenters. The van der Waals surface area contributed by atoms with E-state index in [1.54, 1.807) is 25.3 Å². The Kier molecular flexibility index (Phi) is 6.29. The normalized spacial score (nSPS) is 21.9. The molecule has 1 saturated carbocycles. The van der Waals surface area contributed by atoms with Gasteiger partial charge in [-0.3, -0.25) is 9.78 Å². The fourth-order valence-electron chi connectivity index (χ4n) is 4.11. The van der Waals surface area contributed by atoms with E-state index in [1.807, 2.05) is 12.1 Å². The topological polar surface area (TPSA) is 153 Å². The van der Waals surface area contributed by atoms with Crippen LogP contribution in [0.15, 0.2) is 30.5 Å². The number of carbonyl (C=O) groups excluding carboxylic acids is 1. The first-order valence-electron chi connectivity index (χ1n) is 9.92. The van der Waals surface area contributed by atoms with Crippen molar-refractivity contribution < 1.29 is 34.1 Å². The van der Waals surface area contributed by atoms with E-state index in [2.05, 4.69) is 14.7 Å². The number of halogens is 1. The van der Waals surface area contributed by atoms with Crippen molar-refractivity contribution in [2.24, 2.45) is 5.92 Å². The van der Waals surface area contributed by atoms with Gasteiger partial charge in [0.25, 0.3) is 10.2 Å². The maximum atomic E-state index is 12.9. The van der Waals surface area contributed by atoms with Gasteiger partial charge in [-0.1, -0.05) is 23.7 Å². The van der Waals surface area contributed by atoms with Gasteiger partial charge >= 0.3 is 5.97 Å². The van der Waals surface area contributed by atoms with E-state index < -0.39 is 40.4 Å². The standard InChI is InChI=1S/C20H18ClN3O9/c1-10-18(15-9-30-19(14(15)8-22-10)11-2-4-13(21)5-3-11)31-20(25)12-6-16(32-23(26)27)17(7-12)33-24(28)29/h2-5,8,12,16-17,19H,6-7,9H2,1H3/t16-,17-,19?/m1/s1. The van der Waals surface area contributed by atoms with Crippen molar-refractivity contribution >= 4 is 17.6 Å². The minimum absolute atomic E-state index is 0.163. The molecule has 1 aromatic carbocycles. The first kappa shape index (κ1) is 22.7. The molecule has 0 bridgehead atoms. The van der Waals surface area contributed by atoms with Crippen molar-refractivity contribution in [2.75, 3.05) is 0 Å². The van der Waals surface area contributed by atoms with Crippen LogP contribution in [0.3, 0.4) is 0 Å². The summed E-state index contributed by atoms with van der Waals surface area (Å²) in [5.41, 5.74) is 2.71. The monoisotopic (exact) mass is 479 g/mol. The van der Waals surface area contributed by atoms with E-state index in [0.29, 0.717) is 16.3 Å². The maximum absolute atomic E-state index is 12.9. The van der Waals surface area contributed by atoms with E-state index >= 15 is 0 Å². The highest BCUT2D eigenvalue weighted by Gasteiger charge is 2.44. The molecule has 2 heterocycles. The second-order valence-corrected chi connectivity index (χ2v) is 8.11. The molecule has 0 amide bonds. The van der Waals surface area contributed by atoms with Crippen molar-refractivity contribution in [3.63, 3.8) is 0 Å². The third-order valence-electron chi connectivity index (χ3n) is 5.63. The van der Waals surface area contributed by atoms with Crippen LogP contribution in [-0.2, 0) is 25.8 Å². The fourth-order valence-corrected chi connectivity index (χ4v) is 4.24. The quantitative estimate of drug-likeness (QED) is 0.328. The zero-order valence-corrected chi connectivity index (χ0v) is 18.0. The summed E-state index contributed by atoms with van der Waals surface area (Å²) in [7, 11) is 0. The molecular weight excluding hydrogens is 462 g/mol. The summed E-state index contributed by atoms with van der Waals surface area (Å²) in [4.78, 5) is 47.5. The molecule has 0 N–H and O–H groups in total. The van der Waals surface area contributed by atoms with Crippen LogP contribution in [0.2, 0.25) is 5.02 Å². The Morgan fingerprint density at radius 1 is 1.12 bits per heavy atom. The third-order valence-corrected chi connectivity index (χ3v) is 5.88.